The Labute approximate surface area is 187 Å². The van der Waals surface area contributed by atoms with Crippen LogP contribution in [-0.4, -0.2) is 29.0 Å². The Morgan fingerprint density at radius 1 is 1.23 bits per heavy atom. The predicted molar refractivity (Wildman–Crippen MR) is 125 cm³/mol. The van der Waals surface area contributed by atoms with Crippen LogP contribution in [0, 0.1) is 18.7 Å². The van der Waals surface area contributed by atoms with Crippen LogP contribution in [0.2, 0.25) is 0 Å². The third kappa shape index (κ3) is 4.31. The average molecular weight is 453 g/mol. The van der Waals surface area contributed by atoms with E-state index in [-0.39, 0.29) is 17.6 Å². The standard InChI is InChI=1S/C23H21FN4OS2/c1-14-25-20(13-30-14)15-4-2-6-18(10-15)26-22(29)16-5-3-9-28(12-16)23-27-19-8-7-17(24)11-21(19)31-23/h2,4,6-8,10-11,13,16H,3,5,9,12H2,1H3,(H,26,29). The summed E-state index contributed by atoms with van der Waals surface area (Å²) in [5.74, 6) is -0.361. The minimum absolute atomic E-state index is 0.0171. The lowest BCUT2D eigenvalue weighted by molar-refractivity contribution is -0.120. The molecule has 5 nitrogen and oxygen atoms in total. The van der Waals surface area contributed by atoms with Crippen LogP contribution in [0.5, 0.6) is 0 Å². The molecule has 1 aliphatic rings. The van der Waals surface area contributed by atoms with Crippen molar-refractivity contribution in [1.29, 1.82) is 0 Å². The van der Waals surface area contributed by atoms with Crippen molar-refractivity contribution in [2.45, 2.75) is 19.8 Å². The molecule has 5 rings (SSSR count). The Balaban J connectivity index is 1.29. The fourth-order valence-electron chi connectivity index (χ4n) is 3.88. The molecular formula is C23H21FN4OS2. The van der Waals surface area contributed by atoms with E-state index in [1.807, 2.05) is 36.6 Å². The zero-order valence-corrected chi connectivity index (χ0v) is 18.6. The van der Waals surface area contributed by atoms with Crippen LogP contribution in [0.25, 0.3) is 21.5 Å². The highest BCUT2D eigenvalue weighted by atomic mass is 32.1. The molecule has 0 spiro atoms. The maximum Gasteiger partial charge on any atom is 0.229 e. The quantitative estimate of drug-likeness (QED) is 0.430. The van der Waals surface area contributed by atoms with Gasteiger partial charge < -0.3 is 10.2 Å². The van der Waals surface area contributed by atoms with Crippen molar-refractivity contribution < 1.29 is 9.18 Å². The molecule has 0 aliphatic carbocycles. The van der Waals surface area contributed by atoms with Gasteiger partial charge in [0.05, 0.1) is 26.8 Å². The number of aromatic nitrogens is 2. The Kier molecular flexibility index (Phi) is 5.41. The van der Waals surface area contributed by atoms with E-state index in [2.05, 4.69) is 20.2 Å². The number of carbonyl (C=O) groups excluding carboxylic acids is 1. The Morgan fingerprint density at radius 2 is 2.13 bits per heavy atom. The Morgan fingerprint density at radius 3 is 2.97 bits per heavy atom. The minimum Gasteiger partial charge on any atom is -0.347 e. The summed E-state index contributed by atoms with van der Waals surface area (Å²) in [6.45, 7) is 3.44. The topological polar surface area (TPSA) is 58.1 Å². The smallest absolute Gasteiger partial charge is 0.229 e. The van der Waals surface area contributed by atoms with E-state index >= 15 is 0 Å². The number of carbonyl (C=O) groups is 1. The van der Waals surface area contributed by atoms with Crippen LogP contribution in [0.3, 0.4) is 0 Å². The summed E-state index contributed by atoms with van der Waals surface area (Å²) in [6, 6.07) is 12.5. The van der Waals surface area contributed by atoms with E-state index in [0.29, 0.717) is 6.54 Å². The Bertz CT molecular complexity index is 1250. The lowest BCUT2D eigenvalue weighted by Gasteiger charge is -2.31. The first kappa shape index (κ1) is 20.1. The summed E-state index contributed by atoms with van der Waals surface area (Å²) < 4.78 is 14.3. The molecule has 158 valence electrons. The fourth-order valence-corrected chi connectivity index (χ4v) is 5.53. The number of halogens is 1. The van der Waals surface area contributed by atoms with Crippen molar-refractivity contribution in [1.82, 2.24) is 9.97 Å². The van der Waals surface area contributed by atoms with Gasteiger partial charge >= 0.3 is 0 Å². The van der Waals surface area contributed by atoms with Crippen LogP contribution in [-0.2, 0) is 4.79 Å². The summed E-state index contributed by atoms with van der Waals surface area (Å²) in [5, 5.41) is 6.97. The number of rotatable bonds is 4. The van der Waals surface area contributed by atoms with Gasteiger partial charge in [0, 0.05) is 29.7 Å². The highest BCUT2D eigenvalue weighted by Crippen LogP contribution is 2.32. The largest absolute Gasteiger partial charge is 0.347 e. The monoisotopic (exact) mass is 452 g/mol. The number of anilines is 2. The highest BCUT2D eigenvalue weighted by molar-refractivity contribution is 7.22. The fraction of sp³-hybridized carbons (Fsp3) is 0.261. The molecule has 1 unspecified atom stereocenters. The first-order valence-corrected chi connectivity index (χ1v) is 11.9. The number of amides is 1. The molecule has 2 aromatic carbocycles. The number of hydrogen-bond acceptors (Lipinski definition) is 6. The SMILES string of the molecule is Cc1nc(-c2cccc(NC(=O)C3CCCN(c4nc5ccc(F)cc5s4)C3)c2)cs1. The van der Waals surface area contributed by atoms with Gasteiger partial charge in [0.1, 0.15) is 5.82 Å². The van der Waals surface area contributed by atoms with Gasteiger partial charge in [-0.25, -0.2) is 14.4 Å². The average Bonchev–Trinajstić information content (AvgIpc) is 3.40. The number of thiazole rings is 2. The van der Waals surface area contributed by atoms with Crippen molar-refractivity contribution in [3.63, 3.8) is 0 Å². The van der Waals surface area contributed by atoms with E-state index in [1.54, 1.807) is 17.4 Å². The zero-order chi connectivity index (χ0) is 21.4. The summed E-state index contributed by atoms with van der Waals surface area (Å²) >= 11 is 3.09. The number of benzene rings is 2. The summed E-state index contributed by atoms with van der Waals surface area (Å²) in [4.78, 5) is 24.3. The number of hydrogen-bond donors (Lipinski definition) is 1. The van der Waals surface area contributed by atoms with Gasteiger partial charge in [0.15, 0.2) is 5.13 Å². The summed E-state index contributed by atoms with van der Waals surface area (Å²) in [6.07, 6.45) is 1.76. The molecule has 1 N–H and O–H groups in total. The first-order chi connectivity index (χ1) is 15.0. The second-order valence-electron chi connectivity index (χ2n) is 7.72. The minimum atomic E-state index is -0.256. The number of nitrogens with one attached hydrogen (secondary N) is 1. The number of aryl methyl sites for hydroxylation is 1. The lowest BCUT2D eigenvalue weighted by atomic mass is 9.97. The molecule has 0 saturated carbocycles. The van der Waals surface area contributed by atoms with Crippen LogP contribution < -0.4 is 10.2 Å². The van der Waals surface area contributed by atoms with Gasteiger partial charge in [-0.1, -0.05) is 23.5 Å². The van der Waals surface area contributed by atoms with Crippen molar-refractivity contribution in [2.24, 2.45) is 5.92 Å². The zero-order valence-electron chi connectivity index (χ0n) is 17.0. The second-order valence-corrected chi connectivity index (χ2v) is 9.79. The Hall–Kier alpha value is -2.84. The first-order valence-electron chi connectivity index (χ1n) is 10.2. The summed E-state index contributed by atoms with van der Waals surface area (Å²) in [7, 11) is 0. The van der Waals surface area contributed by atoms with E-state index in [9.17, 15) is 9.18 Å². The molecule has 0 bridgehead atoms. The van der Waals surface area contributed by atoms with Gasteiger partial charge in [-0.2, -0.15) is 0 Å². The summed E-state index contributed by atoms with van der Waals surface area (Å²) in [5.41, 5.74) is 3.49. The van der Waals surface area contributed by atoms with Crippen LogP contribution in [0.15, 0.2) is 47.8 Å². The molecule has 1 aliphatic heterocycles. The van der Waals surface area contributed by atoms with Crippen LogP contribution >= 0.6 is 22.7 Å². The third-order valence-electron chi connectivity index (χ3n) is 5.45. The molecule has 8 heteroatoms. The van der Waals surface area contributed by atoms with E-state index in [0.717, 1.165) is 56.7 Å². The normalized spacial score (nSPS) is 16.6. The molecule has 1 fully saturated rings. The highest BCUT2D eigenvalue weighted by Gasteiger charge is 2.27. The van der Waals surface area contributed by atoms with Crippen molar-refractivity contribution >= 4 is 49.6 Å². The van der Waals surface area contributed by atoms with Gasteiger partial charge in [0.25, 0.3) is 0 Å². The maximum absolute atomic E-state index is 13.5. The van der Waals surface area contributed by atoms with Gasteiger partial charge in [-0.15, -0.1) is 11.3 Å². The van der Waals surface area contributed by atoms with E-state index < -0.39 is 0 Å². The van der Waals surface area contributed by atoms with Crippen LogP contribution in [0.4, 0.5) is 15.2 Å². The van der Waals surface area contributed by atoms with Gasteiger partial charge in [-0.05, 0) is 50.1 Å². The van der Waals surface area contributed by atoms with Crippen molar-refractivity contribution in [3.8, 4) is 11.3 Å². The molecule has 1 amide bonds. The molecule has 3 heterocycles. The van der Waals surface area contributed by atoms with Gasteiger partial charge in [-0.3, -0.25) is 4.79 Å². The third-order valence-corrected chi connectivity index (χ3v) is 7.30. The molecular weight excluding hydrogens is 431 g/mol. The molecule has 1 saturated heterocycles. The van der Waals surface area contributed by atoms with Gasteiger partial charge in [0.2, 0.25) is 5.91 Å². The van der Waals surface area contributed by atoms with E-state index in [1.165, 1.54) is 23.5 Å². The number of piperidine rings is 1. The second kappa shape index (κ2) is 8.36. The number of nitrogens with zero attached hydrogens (tertiary/aromatic N) is 3. The van der Waals surface area contributed by atoms with Crippen LogP contribution in [0.1, 0.15) is 17.8 Å². The predicted octanol–water partition coefficient (Wildman–Crippen LogP) is 5.72. The lowest BCUT2D eigenvalue weighted by Crippen LogP contribution is -2.40. The molecule has 4 aromatic rings. The molecule has 1 atom stereocenters. The maximum atomic E-state index is 13.5. The van der Waals surface area contributed by atoms with E-state index in [4.69, 9.17) is 0 Å². The number of fused-ring (bicyclic) bond motifs is 1. The molecule has 31 heavy (non-hydrogen) atoms. The van der Waals surface area contributed by atoms with Crippen molar-refractivity contribution in [2.75, 3.05) is 23.3 Å². The van der Waals surface area contributed by atoms with Crippen molar-refractivity contribution in [3.05, 3.63) is 58.7 Å². The molecule has 2 aromatic heterocycles. The molecule has 0 radical (unpaired) electrons.